The summed E-state index contributed by atoms with van der Waals surface area (Å²) in [5.41, 5.74) is 0.920. The predicted molar refractivity (Wildman–Crippen MR) is 132 cm³/mol. The molecule has 10 nitrogen and oxygen atoms in total. The quantitative estimate of drug-likeness (QED) is 0.396. The molecule has 0 aliphatic heterocycles. The fourth-order valence-corrected chi connectivity index (χ4v) is 4.51. The van der Waals surface area contributed by atoms with Crippen LogP contribution in [-0.4, -0.2) is 32.8 Å². The minimum atomic E-state index is -4.34. The average molecular weight is 561 g/mol. The topological polar surface area (TPSA) is 165 Å². The first-order valence-electron chi connectivity index (χ1n) is 10.2. The van der Waals surface area contributed by atoms with Crippen LogP contribution in [0.2, 0.25) is 10.0 Å². The number of carboxylic acid groups (broad SMARTS) is 1. The Hall–Kier alpha value is -4.11. The predicted octanol–water partition coefficient (Wildman–Crippen LogP) is 3.04. The Balaban J connectivity index is 1.76. The van der Waals surface area contributed by atoms with E-state index in [0.717, 1.165) is 12.1 Å². The van der Waals surface area contributed by atoms with Gasteiger partial charge in [0.05, 0.1) is 22.1 Å². The van der Waals surface area contributed by atoms with Gasteiger partial charge in [-0.3, -0.25) is 14.3 Å². The average Bonchev–Trinajstić information content (AvgIpc) is 2.82. The first kappa shape index (κ1) is 27.5. The van der Waals surface area contributed by atoms with E-state index >= 15 is 0 Å². The van der Waals surface area contributed by atoms with Gasteiger partial charge >= 0.3 is 0 Å². The van der Waals surface area contributed by atoms with Crippen molar-refractivity contribution in [2.24, 2.45) is 0 Å². The third-order valence-corrected chi connectivity index (χ3v) is 6.60. The van der Waals surface area contributed by atoms with Gasteiger partial charge in [0.25, 0.3) is 15.9 Å². The maximum atomic E-state index is 13.1. The molecule has 190 valence electrons. The zero-order valence-corrected chi connectivity index (χ0v) is 21.2. The Labute approximate surface area is 221 Å². The lowest BCUT2D eigenvalue weighted by Gasteiger charge is -2.14. The van der Waals surface area contributed by atoms with Gasteiger partial charge in [0, 0.05) is 21.3 Å². The van der Waals surface area contributed by atoms with Crippen LogP contribution in [0, 0.1) is 18.3 Å². The van der Waals surface area contributed by atoms with Crippen LogP contribution in [-0.2, 0) is 14.8 Å². The van der Waals surface area contributed by atoms with E-state index < -0.39 is 34.4 Å². The lowest BCUT2D eigenvalue weighted by atomic mass is 10.0. The highest BCUT2D eigenvalue weighted by molar-refractivity contribution is 7.90. The van der Waals surface area contributed by atoms with E-state index in [1.165, 1.54) is 54.1 Å². The highest BCUT2D eigenvalue weighted by atomic mass is 35.5. The van der Waals surface area contributed by atoms with Crippen LogP contribution >= 0.6 is 23.2 Å². The second-order valence-corrected chi connectivity index (χ2v) is 10.1. The summed E-state index contributed by atoms with van der Waals surface area (Å²) < 4.78 is 30.8. The zero-order chi connectivity index (χ0) is 27.3. The SMILES string of the molecule is Cc1cc(S(=O)(=O)NC(=O)[O-])ccc1NC(=O)COc1ccc(Cl)cc1C(=O)c1cc(Cl)cc(C#N)c1. The standard InChI is InChI=1S/C24H17Cl2N3O7S/c1-13-6-18(37(34,35)29-24(32)33)3-4-20(13)28-22(30)12-36-21-5-2-16(25)10-19(21)23(31)15-7-14(11-27)8-17(26)9-15/h2-10,29H,12H2,1H3,(H,28,30)(H,32,33)/p-1. The summed E-state index contributed by atoms with van der Waals surface area (Å²) in [4.78, 5) is 35.8. The minimum absolute atomic E-state index is 0.0395. The van der Waals surface area contributed by atoms with Crippen LogP contribution in [0.3, 0.4) is 0 Å². The van der Waals surface area contributed by atoms with Crippen molar-refractivity contribution >= 4 is 56.7 Å². The number of hydrogen-bond donors (Lipinski definition) is 2. The fourth-order valence-electron chi connectivity index (χ4n) is 3.19. The number of nitrogens with zero attached hydrogens (tertiary/aromatic N) is 1. The maximum absolute atomic E-state index is 13.1. The Kier molecular flexibility index (Phi) is 8.39. The summed E-state index contributed by atoms with van der Waals surface area (Å²) in [5, 5.41) is 22.7. The number of benzene rings is 3. The molecule has 0 spiro atoms. The van der Waals surface area contributed by atoms with Crippen molar-refractivity contribution in [1.82, 2.24) is 4.72 Å². The van der Waals surface area contributed by atoms with Gasteiger partial charge in [-0.2, -0.15) is 5.26 Å². The number of halogens is 2. The molecule has 0 unspecified atom stereocenters. The number of sulfonamides is 1. The molecule has 0 fully saturated rings. The third-order valence-electron chi connectivity index (χ3n) is 4.83. The largest absolute Gasteiger partial charge is 0.529 e. The molecule has 0 atom stereocenters. The summed E-state index contributed by atoms with van der Waals surface area (Å²) in [5.74, 6) is -1.11. The van der Waals surface area contributed by atoms with Crippen LogP contribution in [0.1, 0.15) is 27.0 Å². The Morgan fingerprint density at radius 1 is 1.03 bits per heavy atom. The monoisotopic (exact) mass is 560 g/mol. The maximum Gasteiger partial charge on any atom is 0.262 e. The number of carbonyl (C=O) groups is 3. The normalized spacial score (nSPS) is 10.8. The molecule has 3 aromatic carbocycles. The molecule has 0 radical (unpaired) electrons. The molecule has 3 rings (SSSR count). The zero-order valence-electron chi connectivity index (χ0n) is 18.9. The van der Waals surface area contributed by atoms with Crippen LogP contribution in [0.4, 0.5) is 10.5 Å². The molecule has 0 heterocycles. The molecule has 3 aromatic rings. The van der Waals surface area contributed by atoms with E-state index in [1.54, 1.807) is 0 Å². The molecule has 0 aliphatic rings. The molecular weight excluding hydrogens is 545 g/mol. The van der Waals surface area contributed by atoms with Crippen molar-refractivity contribution in [3.8, 4) is 11.8 Å². The molecule has 13 heteroatoms. The van der Waals surface area contributed by atoms with Crippen molar-refractivity contribution in [1.29, 1.82) is 5.26 Å². The Bertz CT molecular complexity index is 1570. The number of ether oxygens (including phenoxy) is 1. The van der Waals surface area contributed by atoms with Gasteiger partial charge in [0.2, 0.25) is 0 Å². The Morgan fingerprint density at radius 3 is 2.41 bits per heavy atom. The van der Waals surface area contributed by atoms with E-state index in [1.807, 2.05) is 6.07 Å². The molecular formula is C24H16Cl2N3O7S-. The number of nitrogens with one attached hydrogen (secondary N) is 2. The number of anilines is 1. The number of amides is 2. The van der Waals surface area contributed by atoms with Crippen molar-refractivity contribution in [3.63, 3.8) is 0 Å². The third kappa shape index (κ3) is 6.98. The first-order valence-corrected chi connectivity index (χ1v) is 12.5. The van der Waals surface area contributed by atoms with Gasteiger partial charge in [-0.1, -0.05) is 23.2 Å². The smallest absolute Gasteiger partial charge is 0.262 e. The van der Waals surface area contributed by atoms with Crippen LogP contribution in [0.5, 0.6) is 5.75 Å². The van der Waals surface area contributed by atoms with E-state index in [4.69, 9.17) is 33.2 Å². The molecule has 0 saturated heterocycles. The number of carbonyl (C=O) groups excluding carboxylic acids is 3. The van der Waals surface area contributed by atoms with Crippen molar-refractivity contribution < 1.29 is 32.6 Å². The minimum Gasteiger partial charge on any atom is -0.529 e. The number of ketones is 1. The van der Waals surface area contributed by atoms with Crippen molar-refractivity contribution in [2.75, 3.05) is 11.9 Å². The lowest BCUT2D eigenvalue weighted by Crippen LogP contribution is -2.40. The van der Waals surface area contributed by atoms with Gasteiger partial charge in [-0.05, 0) is 67.1 Å². The molecule has 2 N–H and O–H groups in total. The summed E-state index contributed by atoms with van der Waals surface area (Å²) >= 11 is 12.1. The number of hydrogen-bond acceptors (Lipinski definition) is 8. The number of aryl methyl sites for hydroxylation is 1. The first-order chi connectivity index (χ1) is 17.4. The molecule has 0 saturated carbocycles. The molecule has 37 heavy (non-hydrogen) atoms. The van der Waals surface area contributed by atoms with Crippen LogP contribution in [0.15, 0.2) is 59.5 Å². The second-order valence-electron chi connectivity index (χ2n) is 7.52. The summed E-state index contributed by atoms with van der Waals surface area (Å²) in [7, 11) is -4.34. The van der Waals surface area contributed by atoms with Crippen LogP contribution < -0.4 is 19.9 Å². The molecule has 0 aliphatic carbocycles. The molecule has 0 aromatic heterocycles. The van der Waals surface area contributed by atoms with Gasteiger partial charge in [0.1, 0.15) is 11.8 Å². The van der Waals surface area contributed by atoms with Gasteiger partial charge < -0.3 is 20.0 Å². The van der Waals surface area contributed by atoms with E-state index in [9.17, 15) is 27.9 Å². The molecule has 0 bridgehead atoms. The van der Waals surface area contributed by atoms with Gasteiger partial charge in [0.15, 0.2) is 12.4 Å². The number of nitriles is 1. The summed E-state index contributed by atoms with van der Waals surface area (Å²) in [6.45, 7) is 0.984. The van der Waals surface area contributed by atoms with Gasteiger partial charge in [-0.25, -0.2) is 8.42 Å². The number of rotatable bonds is 8. The lowest BCUT2D eigenvalue weighted by molar-refractivity contribution is -0.248. The van der Waals surface area contributed by atoms with Crippen LogP contribution in [0.25, 0.3) is 0 Å². The highest BCUT2D eigenvalue weighted by Crippen LogP contribution is 2.27. The second kappa shape index (κ2) is 11.3. The highest BCUT2D eigenvalue weighted by Gasteiger charge is 2.19. The van der Waals surface area contributed by atoms with Crippen molar-refractivity contribution in [2.45, 2.75) is 11.8 Å². The van der Waals surface area contributed by atoms with E-state index in [2.05, 4.69) is 5.32 Å². The Morgan fingerprint density at radius 2 is 1.76 bits per heavy atom. The van der Waals surface area contributed by atoms with E-state index in [0.29, 0.717) is 5.56 Å². The van der Waals surface area contributed by atoms with E-state index in [-0.39, 0.29) is 43.1 Å². The fraction of sp³-hybridized carbons (Fsp3) is 0.0833. The summed E-state index contributed by atoms with van der Waals surface area (Å²) in [6, 6.07) is 13.8. The molecule has 2 amide bonds. The van der Waals surface area contributed by atoms with Crippen molar-refractivity contribution in [3.05, 3.63) is 86.9 Å². The van der Waals surface area contributed by atoms with Gasteiger partial charge in [-0.15, -0.1) is 0 Å². The summed E-state index contributed by atoms with van der Waals surface area (Å²) in [6.07, 6.45) is -1.98.